The number of halogens is 2. The molecule has 0 bridgehead atoms. The number of rotatable bonds is 7. The summed E-state index contributed by atoms with van der Waals surface area (Å²) in [7, 11) is 3.95. The van der Waals surface area contributed by atoms with Crippen molar-refractivity contribution in [2.24, 2.45) is 10.9 Å². The number of piperidine rings is 1. The van der Waals surface area contributed by atoms with Crippen LogP contribution in [0.1, 0.15) is 38.2 Å². The van der Waals surface area contributed by atoms with Gasteiger partial charge in [0.05, 0.1) is 0 Å². The third-order valence-electron chi connectivity index (χ3n) is 5.03. The molecule has 0 amide bonds. The van der Waals surface area contributed by atoms with Crippen LogP contribution in [0.3, 0.4) is 0 Å². The molecule has 6 heteroatoms. The van der Waals surface area contributed by atoms with Crippen molar-refractivity contribution in [1.29, 1.82) is 0 Å². The van der Waals surface area contributed by atoms with E-state index < -0.39 is 0 Å². The van der Waals surface area contributed by atoms with Crippen LogP contribution in [0.2, 0.25) is 0 Å². The zero-order chi connectivity index (χ0) is 18.1. The predicted octanol–water partition coefficient (Wildman–Crippen LogP) is 3.96. The van der Waals surface area contributed by atoms with E-state index in [0.717, 1.165) is 50.5 Å². The van der Waals surface area contributed by atoms with E-state index in [-0.39, 0.29) is 29.8 Å². The van der Waals surface area contributed by atoms with E-state index in [2.05, 4.69) is 34.1 Å². The van der Waals surface area contributed by atoms with Crippen molar-refractivity contribution >= 4 is 29.9 Å². The van der Waals surface area contributed by atoms with Crippen LogP contribution in [-0.2, 0) is 6.54 Å². The van der Waals surface area contributed by atoms with Gasteiger partial charge in [-0.3, -0.25) is 9.89 Å². The van der Waals surface area contributed by atoms with Crippen molar-refractivity contribution in [1.82, 2.24) is 15.1 Å². The van der Waals surface area contributed by atoms with Crippen molar-refractivity contribution < 1.29 is 4.39 Å². The average molecular weight is 476 g/mol. The van der Waals surface area contributed by atoms with Crippen molar-refractivity contribution in [3.8, 4) is 0 Å². The van der Waals surface area contributed by atoms with Gasteiger partial charge in [-0.1, -0.05) is 31.5 Å². The summed E-state index contributed by atoms with van der Waals surface area (Å²) >= 11 is 0. The topological polar surface area (TPSA) is 30.9 Å². The van der Waals surface area contributed by atoms with Gasteiger partial charge in [0.15, 0.2) is 5.96 Å². The first-order chi connectivity index (χ1) is 12.1. The van der Waals surface area contributed by atoms with Crippen LogP contribution in [0.25, 0.3) is 0 Å². The number of nitrogens with zero attached hydrogens (tertiary/aromatic N) is 3. The molecule has 1 aromatic rings. The minimum atomic E-state index is -0.0924. The Morgan fingerprint density at radius 3 is 2.62 bits per heavy atom. The van der Waals surface area contributed by atoms with Gasteiger partial charge in [0.1, 0.15) is 5.82 Å². The van der Waals surface area contributed by atoms with Crippen LogP contribution in [0.5, 0.6) is 0 Å². The van der Waals surface area contributed by atoms with Gasteiger partial charge in [0.2, 0.25) is 0 Å². The Morgan fingerprint density at radius 1 is 1.31 bits per heavy atom. The molecule has 1 N–H and O–H groups in total. The molecule has 0 spiro atoms. The zero-order valence-electron chi connectivity index (χ0n) is 16.4. The fraction of sp³-hybridized carbons (Fsp3) is 0.650. The Kier molecular flexibility index (Phi) is 11.1. The summed E-state index contributed by atoms with van der Waals surface area (Å²) in [4.78, 5) is 8.95. The molecule has 0 radical (unpaired) electrons. The average Bonchev–Trinajstić information content (AvgIpc) is 2.63. The molecule has 4 nitrogen and oxygen atoms in total. The molecule has 0 saturated carbocycles. The van der Waals surface area contributed by atoms with Crippen LogP contribution in [0.4, 0.5) is 4.39 Å². The quantitative estimate of drug-likeness (QED) is 0.367. The first-order valence-corrected chi connectivity index (χ1v) is 9.51. The summed E-state index contributed by atoms with van der Waals surface area (Å²) in [6.07, 6.45) is 4.68. The molecule has 1 aliphatic heterocycles. The molecule has 0 atom stereocenters. The first-order valence-electron chi connectivity index (χ1n) is 9.51. The van der Waals surface area contributed by atoms with Crippen LogP contribution in [-0.4, -0.2) is 56.0 Å². The van der Waals surface area contributed by atoms with Crippen molar-refractivity contribution in [2.45, 2.75) is 39.2 Å². The Morgan fingerprint density at radius 2 is 2.00 bits per heavy atom. The highest BCUT2D eigenvalue weighted by Gasteiger charge is 2.20. The van der Waals surface area contributed by atoms with E-state index in [1.807, 2.05) is 19.2 Å². The number of hydrogen-bond acceptors (Lipinski definition) is 2. The Balaban J connectivity index is 0.00000338. The number of aliphatic imine (C=N–C) groups is 1. The van der Waals surface area contributed by atoms with E-state index in [0.29, 0.717) is 12.5 Å². The van der Waals surface area contributed by atoms with Crippen LogP contribution < -0.4 is 5.32 Å². The molecular formula is C20H34FIN4. The lowest BCUT2D eigenvalue weighted by atomic mass is 9.96. The largest absolute Gasteiger partial charge is 0.356 e. The number of guanidine groups is 1. The molecule has 0 aliphatic carbocycles. The maximum Gasteiger partial charge on any atom is 0.193 e. The minimum absolute atomic E-state index is 0. The molecule has 26 heavy (non-hydrogen) atoms. The fourth-order valence-corrected chi connectivity index (χ4v) is 3.34. The summed E-state index contributed by atoms with van der Waals surface area (Å²) in [5.41, 5.74) is 0.803. The summed E-state index contributed by atoms with van der Waals surface area (Å²) < 4.78 is 13.8. The number of likely N-dealkylation sites (tertiary alicyclic amines) is 1. The van der Waals surface area contributed by atoms with Gasteiger partial charge in [0, 0.05) is 39.3 Å². The van der Waals surface area contributed by atoms with Gasteiger partial charge in [-0.2, -0.15) is 0 Å². The molecule has 1 fully saturated rings. The molecule has 0 aromatic heterocycles. The zero-order valence-corrected chi connectivity index (χ0v) is 18.7. The Labute approximate surface area is 175 Å². The monoisotopic (exact) mass is 476 g/mol. The second-order valence-corrected chi connectivity index (χ2v) is 7.01. The van der Waals surface area contributed by atoms with Gasteiger partial charge in [-0.25, -0.2) is 4.39 Å². The fourth-order valence-electron chi connectivity index (χ4n) is 3.34. The standard InChI is InChI=1S/C20H33FN4.HI/c1-4-5-12-24(3)20(22-2)23-15-17-10-13-25(14-11-17)16-18-8-6-7-9-19(18)21;/h6-9,17H,4-5,10-16H2,1-3H3,(H,22,23);1H. The highest BCUT2D eigenvalue weighted by molar-refractivity contribution is 14.0. The summed E-state index contributed by atoms with van der Waals surface area (Å²) in [5.74, 6) is 1.56. The lowest BCUT2D eigenvalue weighted by Gasteiger charge is -2.33. The van der Waals surface area contributed by atoms with E-state index in [9.17, 15) is 4.39 Å². The van der Waals surface area contributed by atoms with Gasteiger partial charge in [-0.05, 0) is 44.3 Å². The summed E-state index contributed by atoms with van der Waals surface area (Å²) in [6, 6.07) is 7.10. The van der Waals surface area contributed by atoms with Gasteiger partial charge in [-0.15, -0.1) is 24.0 Å². The first kappa shape index (κ1) is 23.1. The normalized spacial score (nSPS) is 16.2. The summed E-state index contributed by atoms with van der Waals surface area (Å²) in [6.45, 7) is 7.00. The van der Waals surface area contributed by atoms with E-state index >= 15 is 0 Å². The third kappa shape index (κ3) is 7.39. The molecule has 2 rings (SSSR count). The molecular weight excluding hydrogens is 442 g/mol. The number of benzene rings is 1. The second kappa shape index (κ2) is 12.5. The van der Waals surface area contributed by atoms with Gasteiger partial charge >= 0.3 is 0 Å². The molecule has 1 aliphatic rings. The van der Waals surface area contributed by atoms with E-state index in [1.165, 1.54) is 12.8 Å². The van der Waals surface area contributed by atoms with E-state index in [4.69, 9.17) is 0 Å². The smallest absolute Gasteiger partial charge is 0.193 e. The van der Waals surface area contributed by atoms with Crippen molar-refractivity contribution in [2.75, 3.05) is 40.3 Å². The van der Waals surface area contributed by atoms with Crippen molar-refractivity contribution in [3.63, 3.8) is 0 Å². The van der Waals surface area contributed by atoms with Crippen LogP contribution >= 0.6 is 24.0 Å². The minimum Gasteiger partial charge on any atom is -0.356 e. The lowest BCUT2D eigenvalue weighted by molar-refractivity contribution is 0.176. The van der Waals surface area contributed by atoms with Crippen LogP contribution in [0, 0.1) is 11.7 Å². The second-order valence-electron chi connectivity index (χ2n) is 7.01. The maximum absolute atomic E-state index is 13.8. The predicted molar refractivity (Wildman–Crippen MR) is 119 cm³/mol. The van der Waals surface area contributed by atoms with E-state index in [1.54, 1.807) is 12.1 Å². The summed E-state index contributed by atoms with van der Waals surface area (Å²) in [5, 5.41) is 3.52. The Hall–Kier alpha value is -0.890. The highest BCUT2D eigenvalue weighted by Crippen LogP contribution is 2.19. The van der Waals surface area contributed by atoms with Gasteiger partial charge in [0.25, 0.3) is 0 Å². The maximum atomic E-state index is 13.8. The highest BCUT2D eigenvalue weighted by atomic mass is 127. The Bertz CT molecular complexity index is 544. The SMILES string of the molecule is CCCCN(C)C(=NC)NCC1CCN(Cc2ccccc2F)CC1.I. The molecule has 1 heterocycles. The van der Waals surface area contributed by atoms with Gasteiger partial charge < -0.3 is 10.2 Å². The number of nitrogens with one attached hydrogen (secondary N) is 1. The molecule has 148 valence electrons. The molecule has 1 saturated heterocycles. The van der Waals surface area contributed by atoms with Crippen LogP contribution in [0.15, 0.2) is 29.3 Å². The number of unbranched alkanes of at least 4 members (excludes halogenated alkanes) is 1. The lowest BCUT2D eigenvalue weighted by Crippen LogP contribution is -2.43. The van der Waals surface area contributed by atoms with Crippen molar-refractivity contribution in [3.05, 3.63) is 35.6 Å². The third-order valence-corrected chi connectivity index (χ3v) is 5.03. The molecule has 1 aromatic carbocycles. The molecule has 0 unspecified atom stereocenters. The number of hydrogen-bond donors (Lipinski definition) is 1.